The van der Waals surface area contributed by atoms with E-state index in [0.29, 0.717) is 40.0 Å². The van der Waals surface area contributed by atoms with E-state index in [2.05, 4.69) is 16.5 Å². The van der Waals surface area contributed by atoms with E-state index in [0.717, 1.165) is 29.6 Å². The van der Waals surface area contributed by atoms with Gasteiger partial charge in [-0.1, -0.05) is 0 Å². The summed E-state index contributed by atoms with van der Waals surface area (Å²) in [4.78, 5) is 33.1. The number of fused-ring (bicyclic) bond motifs is 1. The van der Waals surface area contributed by atoms with Crippen LogP contribution in [0.25, 0.3) is 11.0 Å². The summed E-state index contributed by atoms with van der Waals surface area (Å²) < 4.78 is 1.72. The molecule has 0 bridgehead atoms. The van der Waals surface area contributed by atoms with Gasteiger partial charge in [-0.3, -0.25) is 14.3 Å². The first kappa shape index (κ1) is 20.5. The minimum atomic E-state index is -0.576. The molecule has 1 aliphatic heterocycles. The van der Waals surface area contributed by atoms with E-state index in [-0.39, 0.29) is 11.8 Å². The number of aryl methyl sites for hydroxylation is 2. The van der Waals surface area contributed by atoms with Crippen LogP contribution in [0.15, 0.2) is 30.3 Å². The molecule has 1 saturated carbocycles. The van der Waals surface area contributed by atoms with Crippen molar-refractivity contribution in [3.63, 3.8) is 0 Å². The lowest BCUT2D eigenvalue weighted by Gasteiger charge is -2.24. The van der Waals surface area contributed by atoms with Crippen molar-refractivity contribution in [2.45, 2.75) is 31.7 Å². The highest BCUT2D eigenvalue weighted by atomic mass is 32.2. The van der Waals surface area contributed by atoms with Gasteiger partial charge < -0.3 is 10.2 Å². The minimum absolute atomic E-state index is 0.166. The summed E-state index contributed by atoms with van der Waals surface area (Å²) in [6, 6.07) is 10.1. The number of nitrogens with one attached hydrogen (secondary N) is 1. The number of nitrogens with zero attached hydrogens (tertiary/aromatic N) is 5. The van der Waals surface area contributed by atoms with E-state index in [1.54, 1.807) is 45.6 Å². The summed E-state index contributed by atoms with van der Waals surface area (Å²) in [5, 5.41) is 17.1. The number of amides is 2. The molecule has 162 valence electrons. The highest BCUT2D eigenvalue weighted by Crippen LogP contribution is 2.41. The number of benzene rings is 1. The third kappa shape index (κ3) is 3.60. The fourth-order valence-electron chi connectivity index (χ4n) is 4.09. The molecule has 2 aliphatic rings. The van der Waals surface area contributed by atoms with Crippen molar-refractivity contribution in [3.05, 3.63) is 52.8 Å². The molecule has 5 rings (SSSR count). The number of anilines is 1. The molecule has 1 aromatic carbocycles. The molecule has 0 radical (unpaired) electrons. The lowest BCUT2D eigenvalue weighted by molar-refractivity contribution is -0.119. The van der Waals surface area contributed by atoms with Gasteiger partial charge in [0.05, 0.1) is 34.2 Å². The van der Waals surface area contributed by atoms with Crippen molar-refractivity contribution in [1.29, 1.82) is 5.26 Å². The Kier molecular flexibility index (Phi) is 5.10. The lowest BCUT2D eigenvalue weighted by atomic mass is 10.1. The standard InChI is InChI=1S/C23H22N6O2S/c1-13-20-17(9-18(15-5-6-15)26-21(20)28(2)27-13)23(31)29-12-32-11-19(29)22(30)25-16-7-3-14(10-24)4-8-16/h3-4,7-9,15,19H,5-6,11-12H2,1-2H3,(H,25,30). The number of carbonyl (C=O) groups excluding carboxylic acids is 2. The number of thioether (sulfide) groups is 1. The molecule has 3 aromatic rings. The normalized spacial score (nSPS) is 18.0. The van der Waals surface area contributed by atoms with Gasteiger partial charge in [0.15, 0.2) is 5.65 Å². The molecule has 3 heterocycles. The van der Waals surface area contributed by atoms with Crippen LogP contribution in [-0.4, -0.2) is 49.2 Å². The van der Waals surface area contributed by atoms with Crippen molar-refractivity contribution in [3.8, 4) is 6.07 Å². The molecule has 8 nitrogen and oxygen atoms in total. The van der Waals surface area contributed by atoms with Crippen LogP contribution in [0.2, 0.25) is 0 Å². The molecule has 1 unspecified atom stereocenters. The molecule has 1 N–H and O–H groups in total. The zero-order valence-electron chi connectivity index (χ0n) is 17.8. The van der Waals surface area contributed by atoms with Gasteiger partial charge in [0.1, 0.15) is 6.04 Å². The van der Waals surface area contributed by atoms with Gasteiger partial charge in [-0.15, -0.1) is 11.8 Å². The second-order valence-corrected chi connectivity index (χ2v) is 9.25. The third-order valence-electron chi connectivity index (χ3n) is 5.94. The van der Waals surface area contributed by atoms with Gasteiger partial charge in [-0.2, -0.15) is 10.4 Å². The van der Waals surface area contributed by atoms with Crippen molar-refractivity contribution in [2.75, 3.05) is 16.9 Å². The van der Waals surface area contributed by atoms with Crippen LogP contribution in [0, 0.1) is 18.3 Å². The predicted octanol–water partition coefficient (Wildman–Crippen LogP) is 3.18. The summed E-state index contributed by atoms with van der Waals surface area (Å²) in [5.74, 6) is 0.976. The Bertz CT molecular complexity index is 1270. The van der Waals surface area contributed by atoms with Crippen LogP contribution in [0.1, 0.15) is 46.1 Å². The molecule has 0 spiro atoms. The predicted molar refractivity (Wildman–Crippen MR) is 122 cm³/mol. The smallest absolute Gasteiger partial charge is 0.256 e. The monoisotopic (exact) mass is 446 g/mol. The SMILES string of the molecule is Cc1nn(C)c2nc(C3CC3)cc(C(=O)N3CSCC3C(=O)Nc3ccc(C#N)cc3)c12. The molecule has 1 saturated heterocycles. The maximum Gasteiger partial charge on any atom is 0.256 e. The maximum absolute atomic E-state index is 13.7. The van der Waals surface area contributed by atoms with Crippen LogP contribution in [0.4, 0.5) is 5.69 Å². The summed E-state index contributed by atoms with van der Waals surface area (Å²) in [5.41, 5.74) is 4.09. The molecule has 9 heteroatoms. The maximum atomic E-state index is 13.7. The molecule has 2 fully saturated rings. The van der Waals surface area contributed by atoms with Crippen molar-refractivity contribution >= 4 is 40.3 Å². The first-order valence-electron chi connectivity index (χ1n) is 10.5. The fraction of sp³-hybridized carbons (Fsp3) is 0.348. The Balaban J connectivity index is 1.45. The van der Waals surface area contributed by atoms with Gasteiger partial charge in [0, 0.05) is 30.1 Å². The van der Waals surface area contributed by atoms with Crippen LogP contribution < -0.4 is 5.32 Å². The van der Waals surface area contributed by atoms with E-state index in [1.165, 1.54) is 0 Å². The van der Waals surface area contributed by atoms with Crippen LogP contribution in [0.5, 0.6) is 0 Å². The van der Waals surface area contributed by atoms with Crippen LogP contribution in [-0.2, 0) is 11.8 Å². The van der Waals surface area contributed by atoms with Gasteiger partial charge in [-0.25, -0.2) is 4.98 Å². The molecule has 2 amide bonds. The van der Waals surface area contributed by atoms with E-state index < -0.39 is 6.04 Å². The highest BCUT2D eigenvalue weighted by Gasteiger charge is 2.37. The molecular formula is C23H22N6O2S. The first-order chi connectivity index (χ1) is 15.5. The Morgan fingerprint density at radius 3 is 2.69 bits per heavy atom. The lowest BCUT2D eigenvalue weighted by Crippen LogP contribution is -2.44. The second-order valence-electron chi connectivity index (χ2n) is 8.25. The van der Waals surface area contributed by atoms with Crippen molar-refractivity contribution in [2.24, 2.45) is 7.05 Å². The summed E-state index contributed by atoms with van der Waals surface area (Å²) in [7, 11) is 1.84. The van der Waals surface area contributed by atoms with Gasteiger partial charge in [0.25, 0.3) is 5.91 Å². The Hall–Kier alpha value is -3.38. The van der Waals surface area contributed by atoms with Crippen molar-refractivity contribution < 1.29 is 9.59 Å². The summed E-state index contributed by atoms with van der Waals surface area (Å²) >= 11 is 1.56. The molecule has 1 aliphatic carbocycles. The van der Waals surface area contributed by atoms with Gasteiger partial charge in [-0.05, 0) is 50.1 Å². The molecule has 32 heavy (non-hydrogen) atoms. The Morgan fingerprint density at radius 1 is 1.25 bits per heavy atom. The van der Waals surface area contributed by atoms with Gasteiger partial charge >= 0.3 is 0 Å². The summed E-state index contributed by atoms with van der Waals surface area (Å²) in [6.07, 6.45) is 2.16. The number of nitriles is 1. The number of rotatable bonds is 4. The third-order valence-corrected chi connectivity index (χ3v) is 6.95. The van der Waals surface area contributed by atoms with Gasteiger partial charge in [0.2, 0.25) is 5.91 Å². The number of aromatic nitrogens is 3. The average Bonchev–Trinajstić information content (AvgIpc) is 3.46. The van der Waals surface area contributed by atoms with Crippen LogP contribution in [0.3, 0.4) is 0 Å². The van der Waals surface area contributed by atoms with E-state index in [1.807, 2.05) is 20.0 Å². The second kappa shape index (κ2) is 7.95. The highest BCUT2D eigenvalue weighted by molar-refractivity contribution is 7.99. The van der Waals surface area contributed by atoms with E-state index in [9.17, 15) is 9.59 Å². The molecular weight excluding hydrogens is 424 g/mol. The number of hydrogen-bond donors (Lipinski definition) is 1. The largest absolute Gasteiger partial charge is 0.324 e. The topological polar surface area (TPSA) is 104 Å². The van der Waals surface area contributed by atoms with Crippen LogP contribution >= 0.6 is 11.8 Å². The minimum Gasteiger partial charge on any atom is -0.324 e. The summed E-state index contributed by atoms with van der Waals surface area (Å²) in [6.45, 7) is 1.88. The zero-order chi connectivity index (χ0) is 22.4. The first-order valence-corrected chi connectivity index (χ1v) is 11.7. The number of hydrogen-bond acceptors (Lipinski definition) is 6. The molecule has 2 aromatic heterocycles. The number of carbonyl (C=O) groups is 2. The van der Waals surface area contributed by atoms with Crippen molar-refractivity contribution in [1.82, 2.24) is 19.7 Å². The Labute approximate surface area is 189 Å². The number of pyridine rings is 1. The van der Waals surface area contributed by atoms with E-state index >= 15 is 0 Å². The fourth-order valence-corrected chi connectivity index (χ4v) is 5.24. The molecule has 1 atom stereocenters. The van der Waals surface area contributed by atoms with E-state index in [4.69, 9.17) is 10.2 Å². The Morgan fingerprint density at radius 2 is 2.00 bits per heavy atom. The zero-order valence-corrected chi connectivity index (χ0v) is 18.6. The average molecular weight is 447 g/mol. The quantitative estimate of drug-likeness (QED) is 0.660.